The Morgan fingerprint density at radius 1 is 0.636 bits per heavy atom. The van der Waals surface area contributed by atoms with Crippen molar-refractivity contribution in [1.82, 2.24) is 4.90 Å². The Labute approximate surface area is 363 Å². The molecule has 6 saturated carbocycles. The number of Topliss-reactive ketones (excluding diaryl/α,β-unsaturated/α-hetero) is 1. The zero-order chi connectivity index (χ0) is 38.6. The Bertz CT molecular complexity index is 999. The minimum Gasteiger partial charge on any atom is -0.542 e. The molecule has 0 unspecified atom stereocenters. The van der Waals surface area contributed by atoms with E-state index in [2.05, 4.69) is 25.2 Å². The standard InChI is InChI=1S/C43H73O3.C6H12NO.U/c1-3-5-7-20-25-33(26-21-8-6-4-2)30-32-46-35(45)29-23-19-17-15-13-11-9-10-12-14-16-18-22-27-34(44)28-24-31-43-40-37-36-38(40)42(43)39(36)41(37)43;1-7(2)5-3-4-6-8;/h9,33,36-42H,3-8,10-32H2,1-2H3;3-5H2,1-2H3;/q2*-1;+2. The van der Waals surface area contributed by atoms with E-state index >= 15 is 0 Å². The molecule has 0 saturated heterocycles. The molecule has 6 aliphatic rings. The normalized spacial score (nSPS) is 26.7. The molecule has 6 fully saturated rings. The molecule has 0 aliphatic heterocycles. The second-order valence-corrected chi connectivity index (χ2v) is 18.9. The number of carbonyl (C=O) groups excluding carboxylic acids is 3. The number of ketones is 1. The molecule has 0 aromatic heterocycles. The summed E-state index contributed by atoms with van der Waals surface area (Å²) in [5.74, 6) is 9.56. The molecule has 314 valence electrons. The number of esters is 1. The maximum absolute atomic E-state index is 12.4. The molecule has 5 nitrogen and oxygen atoms in total. The van der Waals surface area contributed by atoms with Gasteiger partial charge in [-0.1, -0.05) is 136 Å². The van der Waals surface area contributed by atoms with Gasteiger partial charge >= 0.3 is 37.1 Å². The van der Waals surface area contributed by atoms with Crippen molar-refractivity contribution < 1.29 is 50.2 Å². The van der Waals surface area contributed by atoms with Crippen LogP contribution in [0.5, 0.6) is 0 Å². The first-order valence-electron chi connectivity index (χ1n) is 23.9. The fourth-order valence-electron chi connectivity index (χ4n) is 12.3. The van der Waals surface area contributed by atoms with Crippen LogP contribution < -0.4 is 0 Å². The molecular weight excluding hydrogens is 905 g/mol. The first-order valence-corrected chi connectivity index (χ1v) is 23.9. The maximum Gasteiger partial charge on any atom is 2.00 e. The Morgan fingerprint density at radius 2 is 1.15 bits per heavy atom. The van der Waals surface area contributed by atoms with Crippen LogP contribution in [0.25, 0.3) is 0 Å². The average molecular weight is 990 g/mol. The number of unbranched alkanes of at least 4 members (excludes halogenated alkanes) is 19. The van der Waals surface area contributed by atoms with Gasteiger partial charge in [0.05, 0.1) is 6.61 Å². The van der Waals surface area contributed by atoms with Crippen molar-refractivity contribution in [2.75, 3.05) is 27.2 Å². The van der Waals surface area contributed by atoms with Gasteiger partial charge in [-0.2, -0.15) is 19.3 Å². The predicted octanol–water partition coefficient (Wildman–Crippen LogP) is 12.7. The second kappa shape index (κ2) is 27.6. The molecule has 0 aromatic carbocycles. The van der Waals surface area contributed by atoms with E-state index in [0.717, 1.165) is 80.6 Å². The summed E-state index contributed by atoms with van der Waals surface area (Å²) < 4.78 is 5.64. The van der Waals surface area contributed by atoms with Crippen LogP contribution in [0.1, 0.15) is 206 Å². The Morgan fingerprint density at radius 3 is 1.69 bits per heavy atom. The van der Waals surface area contributed by atoms with Gasteiger partial charge in [0.2, 0.25) is 0 Å². The summed E-state index contributed by atoms with van der Waals surface area (Å²) in [6.07, 6.45) is 39.8. The van der Waals surface area contributed by atoms with Gasteiger partial charge in [0.15, 0.2) is 0 Å². The summed E-state index contributed by atoms with van der Waals surface area (Å²) in [5.41, 5.74) is 0.813. The smallest absolute Gasteiger partial charge is 0.542 e. The summed E-state index contributed by atoms with van der Waals surface area (Å²) in [5, 5.41) is 0. The van der Waals surface area contributed by atoms with E-state index in [9.17, 15) is 14.4 Å². The van der Waals surface area contributed by atoms with E-state index in [1.54, 1.807) is 0 Å². The molecule has 0 aromatic rings. The zero-order valence-corrected chi connectivity index (χ0v) is 40.6. The Kier molecular flexibility index (Phi) is 24.6. The predicted molar refractivity (Wildman–Crippen MR) is 225 cm³/mol. The SMILES string of the molecule is CCCCCCC(CCCCCC)CCOC(=O)CCCCCCC[CH-]CCCCCCCC(=O)CCCC12C3C4C5C3C1C5C42.CN(C)CCC[C-]=O.[U+2]. The summed E-state index contributed by atoms with van der Waals surface area (Å²) in [7, 11) is 3.98. The zero-order valence-electron chi connectivity index (χ0n) is 36.4. The van der Waals surface area contributed by atoms with Gasteiger partial charge in [0, 0.05) is 19.3 Å². The third-order valence-corrected chi connectivity index (χ3v) is 15.0. The van der Waals surface area contributed by atoms with E-state index in [4.69, 9.17) is 4.74 Å². The molecule has 0 radical (unpaired) electrons. The summed E-state index contributed by atoms with van der Waals surface area (Å²) in [6, 6.07) is 0. The molecule has 0 heterocycles. The van der Waals surface area contributed by atoms with Crippen molar-refractivity contribution in [3.05, 3.63) is 6.42 Å². The number of hydrogen-bond acceptors (Lipinski definition) is 5. The average Bonchev–Trinajstić information content (AvgIpc) is 3.16. The van der Waals surface area contributed by atoms with Gasteiger partial charge in [0.1, 0.15) is 5.78 Å². The third-order valence-electron chi connectivity index (χ3n) is 15.0. The molecule has 0 bridgehead atoms. The van der Waals surface area contributed by atoms with Gasteiger partial charge in [0.25, 0.3) is 0 Å². The van der Waals surface area contributed by atoms with E-state index in [0.29, 0.717) is 25.2 Å². The van der Waals surface area contributed by atoms with Gasteiger partial charge in [-0.3, -0.25) is 15.9 Å². The van der Waals surface area contributed by atoms with E-state index < -0.39 is 0 Å². The van der Waals surface area contributed by atoms with Gasteiger partial charge in [-0.05, 0) is 106 Å². The number of nitrogens with zero attached hydrogens (tertiary/aromatic N) is 1. The number of carbonyl (C=O) groups is 2. The molecule has 0 spiro atoms. The summed E-state index contributed by atoms with van der Waals surface area (Å²) in [6.45, 7) is 6.16. The fraction of sp³-hybridized carbons (Fsp3) is 0.918. The molecule has 0 amide bonds. The summed E-state index contributed by atoms with van der Waals surface area (Å²) in [4.78, 5) is 36.3. The van der Waals surface area contributed by atoms with Crippen molar-refractivity contribution in [2.45, 2.75) is 206 Å². The summed E-state index contributed by atoms with van der Waals surface area (Å²) >= 11 is 0. The van der Waals surface area contributed by atoms with Gasteiger partial charge in [-0.25, -0.2) is 0 Å². The quantitative estimate of drug-likeness (QED) is 0.0353. The van der Waals surface area contributed by atoms with Gasteiger partial charge < -0.3 is 20.9 Å². The second-order valence-electron chi connectivity index (χ2n) is 18.9. The van der Waals surface area contributed by atoms with Crippen LogP contribution in [-0.4, -0.2) is 50.2 Å². The fourth-order valence-corrected chi connectivity index (χ4v) is 12.3. The van der Waals surface area contributed by atoms with Crippen LogP contribution in [0.15, 0.2) is 0 Å². The number of hydrogen-bond donors (Lipinski definition) is 0. The molecule has 6 rings (SSSR count). The minimum absolute atomic E-state index is 0. The van der Waals surface area contributed by atoms with Crippen LogP contribution in [0, 0.1) is 90.3 Å². The molecule has 0 atom stereocenters. The number of ether oxygens (including phenoxy) is 1. The Hall–Kier alpha value is -0.178. The van der Waals surface area contributed by atoms with E-state index in [-0.39, 0.29) is 37.1 Å². The van der Waals surface area contributed by atoms with Crippen LogP contribution in [0.3, 0.4) is 0 Å². The van der Waals surface area contributed by atoms with Crippen LogP contribution >= 0.6 is 0 Å². The van der Waals surface area contributed by atoms with Gasteiger partial charge in [-0.15, -0.1) is 0 Å². The monoisotopic (exact) mass is 990 g/mol. The minimum atomic E-state index is 0. The molecular formula is C49H85NO4U. The maximum atomic E-state index is 12.4. The van der Waals surface area contributed by atoms with Crippen molar-refractivity contribution in [3.8, 4) is 0 Å². The third kappa shape index (κ3) is 13.9. The van der Waals surface area contributed by atoms with E-state index in [1.165, 1.54) is 159 Å². The molecule has 6 heteroatoms. The van der Waals surface area contributed by atoms with Crippen LogP contribution in [-0.2, 0) is 19.1 Å². The molecule has 0 N–H and O–H groups in total. The van der Waals surface area contributed by atoms with Crippen LogP contribution in [0.2, 0.25) is 0 Å². The van der Waals surface area contributed by atoms with Crippen molar-refractivity contribution in [1.29, 1.82) is 0 Å². The molecule has 55 heavy (non-hydrogen) atoms. The topological polar surface area (TPSA) is 63.7 Å². The Balaban J connectivity index is 0.000000813. The van der Waals surface area contributed by atoms with Crippen molar-refractivity contribution in [2.24, 2.45) is 52.8 Å². The van der Waals surface area contributed by atoms with Crippen molar-refractivity contribution >= 4 is 18.0 Å². The first-order chi connectivity index (χ1) is 26.4. The number of rotatable bonds is 37. The molecule has 6 aliphatic carbocycles. The van der Waals surface area contributed by atoms with Crippen LogP contribution in [0.4, 0.5) is 0 Å². The largest absolute Gasteiger partial charge is 2.00 e. The first kappa shape index (κ1) is 49.2. The van der Waals surface area contributed by atoms with Crippen molar-refractivity contribution in [3.63, 3.8) is 0 Å². The van der Waals surface area contributed by atoms with E-state index in [1.807, 2.05) is 20.4 Å².